The first-order chi connectivity index (χ1) is 8.70. The topological polar surface area (TPSA) is 78.7 Å². The zero-order valence-corrected chi connectivity index (χ0v) is 9.40. The summed E-state index contributed by atoms with van der Waals surface area (Å²) in [6, 6.07) is -0.698. The van der Waals surface area contributed by atoms with Crippen LogP contribution in [0.5, 0.6) is 0 Å². The fraction of sp³-hybridized carbons (Fsp3) is 0.800. The van der Waals surface area contributed by atoms with Crippen LogP contribution in [0.1, 0.15) is 11.0 Å². The van der Waals surface area contributed by atoms with Crippen molar-refractivity contribution in [1.29, 1.82) is 0 Å². The predicted molar refractivity (Wildman–Crippen MR) is 60.7 cm³/mol. The van der Waals surface area contributed by atoms with E-state index in [0.29, 0.717) is 26.2 Å². The van der Waals surface area contributed by atoms with Gasteiger partial charge in [0.05, 0.1) is 6.54 Å². The molecular formula is C10H20N4O2. The maximum atomic E-state index is 11.6. The molecule has 0 saturated carbocycles. The normalized spacial score (nSPS) is 23.9. The van der Waals surface area contributed by atoms with Gasteiger partial charge in [0.2, 0.25) is 11.8 Å². The molecule has 1 fully saturated rings. The third kappa shape index (κ3) is 4.16. The summed E-state index contributed by atoms with van der Waals surface area (Å²) in [5.41, 5.74) is 5.05. The van der Waals surface area contributed by atoms with Crippen LogP contribution in [0.15, 0.2) is 0 Å². The lowest BCUT2D eigenvalue weighted by Crippen LogP contribution is -2.50. The van der Waals surface area contributed by atoms with Gasteiger partial charge < -0.3 is 16.0 Å². The van der Waals surface area contributed by atoms with E-state index in [9.17, 15) is 9.59 Å². The molecule has 0 radical (unpaired) electrons. The standard InChI is InChI=1S/C10H20N4O2/c1-8(10(11)16)12-9(15)7-14-5-3-13(2)4-6-14/h8H,3-7H2,1-2H3,(H2,11,16)(H,12,15)/t8-/m0/s1/i2D3. The minimum Gasteiger partial charge on any atom is -0.368 e. The van der Waals surface area contributed by atoms with Crippen LogP contribution in [-0.2, 0) is 9.59 Å². The van der Waals surface area contributed by atoms with Gasteiger partial charge in [-0.2, -0.15) is 0 Å². The lowest BCUT2D eigenvalue weighted by Gasteiger charge is -2.31. The monoisotopic (exact) mass is 231 g/mol. The first-order valence-electron chi connectivity index (χ1n) is 6.76. The summed E-state index contributed by atoms with van der Waals surface area (Å²) in [6.07, 6.45) is 0. The average Bonchev–Trinajstić information content (AvgIpc) is 2.28. The number of amides is 2. The van der Waals surface area contributed by atoms with Crippen LogP contribution < -0.4 is 11.1 Å². The molecule has 6 heteroatoms. The largest absolute Gasteiger partial charge is 0.368 e. The van der Waals surface area contributed by atoms with Gasteiger partial charge in [0.1, 0.15) is 6.04 Å². The van der Waals surface area contributed by atoms with Crippen LogP contribution in [0.25, 0.3) is 0 Å². The second-order valence-corrected chi connectivity index (χ2v) is 3.95. The molecule has 0 spiro atoms. The number of piperazine rings is 1. The minimum atomic E-state index is -2.07. The quantitative estimate of drug-likeness (QED) is 0.600. The second-order valence-electron chi connectivity index (χ2n) is 3.95. The van der Waals surface area contributed by atoms with E-state index >= 15 is 0 Å². The Balaban J connectivity index is 2.33. The molecule has 0 aromatic carbocycles. The van der Waals surface area contributed by atoms with Crippen LogP contribution in [0.4, 0.5) is 0 Å². The predicted octanol–water partition coefficient (Wildman–Crippen LogP) is -1.78. The number of nitrogens with zero attached hydrogens (tertiary/aromatic N) is 2. The number of hydrogen-bond donors (Lipinski definition) is 2. The Kier molecular flexibility index (Phi) is 3.25. The third-order valence-electron chi connectivity index (χ3n) is 2.54. The number of nitrogens with two attached hydrogens (primary N) is 1. The fourth-order valence-corrected chi connectivity index (χ4v) is 1.47. The SMILES string of the molecule is [2H]C([2H])([2H])N1CCN(CC(=O)N[C@@H](C)C(N)=O)CC1. The van der Waals surface area contributed by atoms with E-state index in [-0.39, 0.29) is 12.5 Å². The first kappa shape index (κ1) is 8.95. The van der Waals surface area contributed by atoms with Crippen molar-refractivity contribution in [3.05, 3.63) is 0 Å². The highest BCUT2D eigenvalue weighted by atomic mass is 16.2. The molecule has 0 aromatic rings. The molecule has 0 bridgehead atoms. The van der Waals surface area contributed by atoms with Gasteiger partial charge in [0, 0.05) is 30.3 Å². The number of primary amides is 1. The Morgan fingerprint density at radius 2 is 2.06 bits per heavy atom. The maximum Gasteiger partial charge on any atom is 0.239 e. The number of nitrogens with one attached hydrogen (secondary N) is 1. The molecule has 0 unspecified atom stereocenters. The lowest BCUT2D eigenvalue weighted by molar-refractivity contribution is -0.127. The zero-order valence-electron chi connectivity index (χ0n) is 12.4. The number of hydrogen-bond acceptors (Lipinski definition) is 4. The minimum absolute atomic E-state index is 0.145. The van der Waals surface area contributed by atoms with E-state index in [0.717, 1.165) is 0 Å². The van der Waals surface area contributed by atoms with E-state index in [4.69, 9.17) is 9.85 Å². The van der Waals surface area contributed by atoms with Crippen molar-refractivity contribution in [3.8, 4) is 0 Å². The van der Waals surface area contributed by atoms with Crippen LogP contribution in [0, 0.1) is 0 Å². The number of carbonyl (C=O) groups is 2. The van der Waals surface area contributed by atoms with Crippen molar-refractivity contribution >= 4 is 11.8 Å². The smallest absolute Gasteiger partial charge is 0.239 e. The van der Waals surface area contributed by atoms with Crippen molar-refractivity contribution in [3.63, 3.8) is 0 Å². The molecule has 1 aliphatic rings. The molecule has 6 nitrogen and oxygen atoms in total. The van der Waals surface area contributed by atoms with E-state index < -0.39 is 18.9 Å². The molecule has 1 saturated heterocycles. The Bertz CT molecular complexity index is 340. The molecule has 3 N–H and O–H groups in total. The van der Waals surface area contributed by atoms with E-state index in [1.807, 2.05) is 4.90 Å². The molecule has 2 amide bonds. The number of likely N-dealkylation sites (N-methyl/N-ethyl adjacent to an activating group) is 1. The maximum absolute atomic E-state index is 11.6. The van der Waals surface area contributed by atoms with Crippen molar-refractivity contribution in [2.45, 2.75) is 13.0 Å². The molecule has 1 atom stereocenters. The van der Waals surface area contributed by atoms with E-state index in [2.05, 4.69) is 5.32 Å². The highest BCUT2D eigenvalue weighted by Crippen LogP contribution is 1.98. The summed E-state index contributed by atoms with van der Waals surface area (Å²) >= 11 is 0. The second kappa shape index (κ2) is 5.81. The number of carbonyl (C=O) groups excluding carboxylic acids is 2. The molecule has 1 rings (SSSR count). The van der Waals surface area contributed by atoms with Crippen LogP contribution in [0.3, 0.4) is 0 Å². The summed E-state index contributed by atoms with van der Waals surface area (Å²) in [7, 11) is 0. The third-order valence-corrected chi connectivity index (χ3v) is 2.54. The van der Waals surface area contributed by atoms with Crippen molar-refractivity contribution in [1.82, 2.24) is 15.1 Å². The molecule has 1 aliphatic heterocycles. The van der Waals surface area contributed by atoms with E-state index in [1.54, 1.807) is 0 Å². The first-order valence-corrected chi connectivity index (χ1v) is 5.26. The summed E-state index contributed by atoms with van der Waals surface area (Å²) in [4.78, 5) is 25.7. The van der Waals surface area contributed by atoms with Gasteiger partial charge in [-0.15, -0.1) is 0 Å². The average molecular weight is 231 g/mol. The van der Waals surface area contributed by atoms with Crippen LogP contribution >= 0.6 is 0 Å². The Morgan fingerprint density at radius 3 is 2.56 bits per heavy atom. The zero-order chi connectivity index (χ0) is 14.6. The Labute approximate surface area is 100.0 Å². The van der Waals surface area contributed by atoms with Gasteiger partial charge in [-0.1, -0.05) is 0 Å². The molecule has 92 valence electrons. The molecule has 16 heavy (non-hydrogen) atoms. The molecule has 1 heterocycles. The Hall–Kier alpha value is -1.14. The van der Waals surface area contributed by atoms with E-state index in [1.165, 1.54) is 11.8 Å². The summed E-state index contributed by atoms with van der Waals surface area (Å²) in [5, 5.41) is 2.49. The molecule has 0 aliphatic carbocycles. The highest BCUT2D eigenvalue weighted by Gasteiger charge is 2.18. The van der Waals surface area contributed by atoms with Gasteiger partial charge in [-0.25, -0.2) is 0 Å². The highest BCUT2D eigenvalue weighted by molar-refractivity contribution is 5.86. The molecule has 0 aromatic heterocycles. The van der Waals surface area contributed by atoms with Gasteiger partial charge in [-0.05, 0) is 13.9 Å². The van der Waals surface area contributed by atoms with Crippen molar-refractivity contribution in [2.75, 3.05) is 39.7 Å². The molecular weight excluding hydrogens is 208 g/mol. The number of rotatable bonds is 4. The fourth-order valence-electron chi connectivity index (χ4n) is 1.47. The Morgan fingerprint density at radius 1 is 1.44 bits per heavy atom. The summed E-state index contributed by atoms with van der Waals surface area (Å²) in [6.45, 7) is 1.41. The van der Waals surface area contributed by atoms with Gasteiger partial charge in [0.25, 0.3) is 0 Å². The summed E-state index contributed by atoms with van der Waals surface area (Å²) < 4.78 is 21.9. The van der Waals surface area contributed by atoms with Crippen molar-refractivity contribution < 1.29 is 13.7 Å². The van der Waals surface area contributed by atoms with Crippen molar-refractivity contribution in [2.24, 2.45) is 5.73 Å². The lowest BCUT2D eigenvalue weighted by atomic mass is 10.3. The van der Waals surface area contributed by atoms with Gasteiger partial charge in [-0.3, -0.25) is 14.5 Å². The van der Waals surface area contributed by atoms with Crippen LogP contribution in [-0.4, -0.2) is 67.4 Å². The van der Waals surface area contributed by atoms with Crippen LogP contribution in [0.2, 0.25) is 0 Å². The summed E-state index contributed by atoms with van der Waals surface area (Å²) in [5.74, 6) is -0.866. The van der Waals surface area contributed by atoms with Gasteiger partial charge >= 0.3 is 0 Å². The van der Waals surface area contributed by atoms with Gasteiger partial charge in [0.15, 0.2) is 0 Å².